The Morgan fingerprint density at radius 2 is 2.33 bits per heavy atom. The molecule has 1 aliphatic rings. The summed E-state index contributed by atoms with van der Waals surface area (Å²) < 4.78 is 0. The van der Waals surface area contributed by atoms with Crippen molar-refractivity contribution in [3.8, 4) is 0 Å². The molecule has 4 nitrogen and oxygen atoms in total. The van der Waals surface area contributed by atoms with E-state index in [4.69, 9.17) is 0 Å². The number of piperidine rings is 1. The lowest BCUT2D eigenvalue weighted by Crippen LogP contribution is -2.32. The SMILES string of the molecule is CCc1nc(CNC(=O)CC2CCNCC2)cs1. The molecule has 0 aliphatic carbocycles. The molecule has 1 saturated heterocycles. The second-order valence-corrected chi connectivity index (χ2v) is 5.70. The molecular weight excluding hydrogens is 246 g/mol. The molecule has 0 radical (unpaired) electrons. The fraction of sp³-hybridized carbons (Fsp3) is 0.692. The van der Waals surface area contributed by atoms with Gasteiger partial charge in [-0.3, -0.25) is 4.79 Å². The second-order valence-electron chi connectivity index (χ2n) is 4.76. The Balaban J connectivity index is 1.70. The zero-order valence-electron chi connectivity index (χ0n) is 10.9. The largest absolute Gasteiger partial charge is 0.350 e. The molecule has 100 valence electrons. The smallest absolute Gasteiger partial charge is 0.220 e. The van der Waals surface area contributed by atoms with Gasteiger partial charge in [-0.2, -0.15) is 0 Å². The van der Waals surface area contributed by atoms with E-state index >= 15 is 0 Å². The summed E-state index contributed by atoms with van der Waals surface area (Å²) in [6.07, 6.45) is 3.86. The maximum Gasteiger partial charge on any atom is 0.220 e. The minimum atomic E-state index is 0.160. The van der Waals surface area contributed by atoms with Crippen LogP contribution >= 0.6 is 11.3 Å². The molecule has 5 heteroatoms. The summed E-state index contributed by atoms with van der Waals surface area (Å²) >= 11 is 1.67. The van der Waals surface area contributed by atoms with Crippen LogP contribution in [0.3, 0.4) is 0 Å². The fourth-order valence-corrected chi connectivity index (χ4v) is 2.95. The molecule has 0 saturated carbocycles. The molecule has 0 bridgehead atoms. The standard InChI is InChI=1S/C13H21N3OS/c1-2-13-16-11(9-18-13)8-15-12(17)7-10-3-5-14-6-4-10/h9-10,14H,2-8H2,1H3,(H,15,17). The Hall–Kier alpha value is -0.940. The molecule has 2 rings (SSSR count). The van der Waals surface area contributed by atoms with Crippen LogP contribution in [-0.4, -0.2) is 24.0 Å². The van der Waals surface area contributed by atoms with Crippen LogP contribution in [0.2, 0.25) is 0 Å². The highest BCUT2D eigenvalue weighted by Crippen LogP contribution is 2.15. The lowest BCUT2D eigenvalue weighted by Gasteiger charge is -2.21. The van der Waals surface area contributed by atoms with Crippen LogP contribution in [-0.2, 0) is 17.8 Å². The van der Waals surface area contributed by atoms with Gasteiger partial charge in [-0.25, -0.2) is 4.98 Å². The summed E-state index contributed by atoms with van der Waals surface area (Å²) in [6.45, 7) is 4.76. The predicted molar refractivity (Wildman–Crippen MR) is 73.5 cm³/mol. The molecular formula is C13H21N3OS. The number of carbonyl (C=O) groups excluding carboxylic acids is 1. The van der Waals surface area contributed by atoms with Gasteiger partial charge in [0.25, 0.3) is 0 Å². The monoisotopic (exact) mass is 267 g/mol. The van der Waals surface area contributed by atoms with Crippen molar-refractivity contribution >= 4 is 17.2 Å². The Labute approximate surface area is 112 Å². The molecule has 1 aromatic heterocycles. The van der Waals surface area contributed by atoms with Gasteiger partial charge in [-0.1, -0.05) is 6.92 Å². The van der Waals surface area contributed by atoms with Crippen LogP contribution in [0.1, 0.15) is 36.9 Å². The molecule has 0 aromatic carbocycles. The minimum Gasteiger partial charge on any atom is -0.350 e. The first-order chi connectivity index (χ1) is 8.78. The quantitative estimate of drug-likeness (QED) is 0.854. The van der Waals surface area contributed by atoms with E-state index in [0.717, 1.165) is 43.1 Å². The predicted octanol–water partition coefficient (Wildman–Crippen LogP) is 1.71. The first-order valence-corrected chi connectivity index (χ1v) is 7.56. The first kappa shape index (κ1) is 13.5. The van der Waals surface area contributed by atoms with Gasteiger partial charge in [0, 0.05) is 11.8 Å². The molecule has 0 atom stereocenters. The van der Waals surface area contributed by atoms with Crippen LogP contribution in [0.25, 0.3) is 0 Å². The van der Waals surface area contributed by atoms with Crippen LogP contribution < -0.4 is 10.6 Å². The van der Waals surface area contributed by atoms with Crippen LogP contribution in [0.4, 0.5) is 0 Å². The molecule has 2 N–H and O–H groups in total. The Morgan fingerprint density at radius 1 is 1.56 bits per heavy atom. The summed E-state index contributed by atoms with van der Waals surface area (Å²) in [5, 5.41) is 9.45. The molecule has 1 aromatic rings. The summed E-state index contributed by atoms with van der Waals surface area (Å²) in [5.74, 6) is 0.709. The molecule has 1 fully saturated rings. The second kappa shape index (κ2) is 6.85. The van der Waals surface area contributed by atoms with E-state index in [1.54, 1.807) is 11.3 Å². The normalized spacial score (nSPS) is 16.7. The molecule has 1 amide bonds. The van der Waals surface area contributed by atoms with Crippen molar-refractivity contribution < 1.29 is 4.79 Å². The topological polar surface area (TPSA) is 54.0 Å². The molecule has 1 aliphatic heterocycles. The number of thiazole rings is 1. The van der Waals surface area contributed by atoms with E-state index in [1.807, 2.05) is 5.38 Å². The number of hydrogen-bond acceptors (Lipinski definition) is 4. The number of nitrogens with zero attached hydrogens (tertiary/aromatic N) is 1. The summed E-state index contributed by atoms with van der Waals surface area (Å²) in [5.41, 5.74) is 0.982. The highest BCUT2D eigenvalue weighted by molar-refractivity contribution is 7.09. The van der Waals surface area contributed by atoms with Gasteiger partial charge in [0.15, 0.2) is 0 Å². The van der Waals surface area contributed by atoms with E-state index in [2.05, 4.69) is 22.5 Å². The number of amides is 1. The van der Waals surface area contributed by atoms with Crippen molar-refractivity contribution in [2.24, 2.45) is 5.92 Å². The third-order valence-corrected chi connectivity index (χ3v) is 4.34. The van der Waals surface area contributed by atoms with Gasteiger partial charge >= 0.3 is 0 Å². The van der Waals surface area contributed by atoms with Gasteiger partial charge in [0.1, 0.15) is 0 Å². The van der Waals surface area contributed by atoms with Gasteiger partial charge < -0.3 is 10.6 Å². The average molecular weight is 267 g/mol. The zero-order valence-corrected chi connectivity index (χ0v) is 11.7. The molecule has 2 heterocycles. The van der Waals surface area contributed by atoms with E-state index in [9.17, 15) is 4.79 Å². The Bertz CT molecular complexity index is 385. The zero-order chi connectivity index (χ0) is 12.8. The van der Waals surface area contributed by atoms with Crippen molar-refractivity contribution in [2.45, 2.75) is 39.2 Å². The third-order valence-electron chi connectivity index (χ3n) is 3.30. The van der Waals surface area contributed by atoms with Crippen LogP contribution in [0.5, 0.6) is 0 Å². The van der Waals surface area contributed by atoms with Crippen molar-refractivity contribution in [1.82, 2.24) is 15.6 Å². The van der Waals surface area contributed by atoms with E-state index in [0.29, 0.717) is 18.9 Å². The Morgan fingerprint density at radius 3 is 3.00 bits per heavy atom. The summed E-state index contributed by atoms with van der Waals surface area (Å²) in [4.78, 5) is 16.2. The van der Waals surface area contributed by atoms with Crippen molar-refractivity contribution in [3.63, 3.8) is 0 Å². The van der Waals surface area contributed by atoms with Crippen molar-refractivity contribution in [2.75, 3.05) is 13.1 Å². The first-order valence-electron chi connectivity index (χ1n) is 6.68. The molecule has 18 heavy (non-hydrogen) atoms. The number of rotatable bonds is 5. The highest BCUT2D eigenvalue weighted by atomic mass is 32.1. The summed E-state index contributed by atoms with van der Waals surface area (Å²) in [6, 6.07) is 0. The lowest BCUT2D eigenvalue weighted by atomic mass is 9.94. The maximum atomic E-state index is 11.8. The van der Waals surface area contributed by atoms with Gasteiger partial charge in [0.05, 0.1) is 17.2 Å². The van der Waals surface area contributed by atoms with Crippen LogP contribution in [0.15, 0.2) is 5.38 Å². The van der Waals surface area contributed by atoms with Gasteiger partial charge in [0.2, 0.25) is 5.91 Å². The van der Waals surface area contributed by atoms with E-state index in [-0.39, 0.29) is 5.91 Å². The number of nitrogens with one attached hydrogen (secondary N) is 2. The Kier molecular flexibility index (Phi) is 5.13. The number of aromatic nitrogens is 1. The number of aryl methyl sites for hydroxylation is 1. The van der Waals surface area contributed by atoms with Gasteiger partial charge in [-0.15, -0.1) is 11.3 Å². The third kappa shape index (κ3) is 4.07. The number of carbonyl (C=O) groups is 1. The fourth-order valence-electron chi connectivity index (χ4n) is 2.20. The minimum absolute atomic E-state index is 0.160. The van der Waals surface area contributed by atoms with Crippen molar-refractivity contribution in [3.05, 3.63) is 16.1 Å². The summed E-state index contributed by atoms with van der Waals surface area (Å²) in [7, 11) is 0. The van der Waals surface area contributed by atoms with E-state index in [1.165, 1.54) is 0 Å². The average Bonchev–Trinajstić information content (AvgIpc) is 2.85. The molecule has 0 spiro atoms. The lowest BCUT2D eigenvalue weighted by molar-refractivity contribution is -0.122. The highest BCUT2D eigenvalue weighted by Gasteiger charge is 2.16. The van der Waals surface area contributed by atoms with Gasteiger partial charge in [-0.05, 0) is 38.3 Å². The maximum absolute atomic E-state index is 11.8. The number of hydrogen-bond donors (Lipinski definition) is 2. The van der Waals surface area contributed by atoms with E-state index < -0.39 is 0 Å². The van der Waals surface area contributed by atoms with Crippen LogP contribution in [0, 0.1) is 5.92 Å². The molecule has 0 unspecified atom stereocenters. The van der Waals surface area contributed by atoms with Crippen molar-refractivity contribution in [1.29, 1.82) is 0 Å².